The third kappa shape index (κ3) is 1.99. The number of hydrogen-bond acceptors (Lipinski definition) is 1. The van der Waals surface area contributed by atoms with E-state index in [1.807, 2.05) is 11.8 Å². The van der Waals surface area contributed by atoms with E-state index in [9.17, 15) is 4.79 Å². The van der Waals surface area contributed by atoms with Gasteiger partial charge in [0.15, 0.2) is 0 Å². The van der Waals surface area contributed by atoms with Crippen LogP contribution in [0, 0.1) is 0 Å². The zero-order chi connectivity index (χ0) is 15.1. The number of benzene rings is 1. The van der Waals surface area contributed by atoms with Gasteiger partial charge < -0.3 is 9.47 Å². The van der Waals surface area contributed by atoms with Crippen molar-refractivity contribution in [1.82, 2.24) is 9.47 Å². The van der Waals surface area contributed by atoms with Gasteiger partial charge in [-0.3, -0.25) is 4.79 Å². The van der Waals surface area contributed by atoms with Crippen LogP contribution >= 0.6 is 0 Å². The van der Waals surface area contributed by atoms with Crippen LogP contribution in [0.2, 0.25) is 0 Å². The minimum absolute atomic E-state index is 0.0866. The number of aryl methyl sites for hydroxylation is 1. The molecule has 0 bridgehead atoms. The highest BCUT2D eigenvalue weighted by atomic mass is 16.2. The monoisotopic (exact) mass is 282 g/mol. The molecule has 21 heavy (non-hydrogen) atoms. The molecule has 110 valence electrons. The van der Waals surface area contributed by atoms with Crippen LogP contribution in [0.3, 0.4) is 0 Å². The van der Waals surface area contributed by atoms with Gasteiger partial charge in [0.05, 0.1) is 6.04 Å². The van der Waals surface area contributed by atoms with Gasteiger partial charge in [-0.1, -0.05) is 25.1 Å². The molecule has 1 atom stereocenters. The third-order valence-corrected chi connectivity index (χ3v) is 4.58. The number of nitrogens with zero attached hydrogens (tertiary/aromatic N) is 2. The van der Waals surface area contributed by atoms with E-state index in [1.54, 1.807) is 0 Å². The molecule has 1 aliphatic heterocycles. The molecular formula is C18H22N2O. The lowest BCUT2D eigenvalue weighted by molar-refractivity contribution is -0.127. The first-order chi connectivity index (χ1) is 10.1. The summed E-state index contributed by atoms with van der Waals surface area (Å²) in [5, 5.41) is 1.24. The number of carbonyl (C=O) groups is 1. The summed E-state index contributed by atoms with van der Waals surface area (Å²) in [5.41, 5.74) is 4.55. The molecule has 0 N–H and O–H groups in total. The number of aromatic nitrogens is 1. The zero-order valence-electron chi connectivity index (χ0n) is 13.2. The van der Waals surface area contributed by atoms with Crippen LogP contribution in [-0.4, -0.2) is 21.9 Å². The molecule has 0 saturated heterocycles. The van der Waals surface area contributed by atoms with Crippen molar-refractivity contribution in [2.45, 2.75) is 33.2 Å². The SMILES string of the molecule is CCCN1C(=O)C(C)=C(C)[C@@H]1c1cn(C)c2ccccc12. The van der Waals surface area contributed by atoms with E-state index in [2.05, 4.69) is 55.9 Å². The van der Waals surface area contributed by atoms with Gasteiger partial charge in [0, 0.05) is 41.8 Å². The van der Waals surface area contributed by atoms with E-state index in [4.69, 9.17) is 0 Å². The molecule has 1 aliphatic rings. The maximum absolute atomic E-state index is 12.5. The molecule has 0 fully saturated rings. The fourth-order valence-corrected chi connectivity index (χ4v) is 3.40. The Morgan fingerprint density at radius 1 is 1.19 bits per heavy atom. The first kappa shape index (κ1) is 13.9. The van der Waals surface area contributed by atoms with Crippen LogP contribution in [0.1, 0.15) is 38.8 Å². The topological polar surface area (TPSA) is 25.2 Å². The lowest BCUT2D eigenvalue weighted by Gasteiger charge is -2.26. The van der Waals surface area contributed by atoms with Crippen molar-refractivity contribution in [2.24, 2.45) is 7.05 Å². The summed E-state index contributed by atoms with van der Waals surface area (Å²) in [6, 6.07) is 8.50. The van der Waals surface area contributed by atoms with Gasteiger partial charge in [0.2, 0.25) is 5.91 Å². The molecule has 1 aromatic heterocycles. The molecule has 3 nitrogen and oxygen atoms in total. The Bertz CT molecular complexity index is 739. The molecule has 0 spiro atoms. The first-order valence-corrected chi connectivity index (χ1v) is 7.58. The Labute approximate surface area is 125 Å². The van der Waals surface area contributed by atoms with Crippen LogP contribution in [0.4, 0.5) is 0 Å². The highest BCUT2D eigenvalue weighted by Gasteiger charge is 2.36. The maximum atomic E-state index is 12.5. The summed E-state index contributed by atoms with van der Waals surface area (Å²) in [6.07, 6.45) is 3.15. The van der Waals surface area contributed by atoms with Gasteiger partial charge in [-0.15, -0.1) is 0 Å². The second kappa shape index (κ2) is 5.06. The Morgan fingerprint density at radius 2 is 1.90 bits per heavy atom. The highest BCUT2D eigenvalue weighted by molar-refractivity contribution is 5.98. The summed E-state index contributed by atoms with van der Waals surface area (Å²) >= 11 is 0. The van der Waals surface area contributed by atoms with Crippen LogP contribution in [0.25, 0.3) is 10.9 Å². The summed E-state index contributed by atoms with van der Waals surface area (Å²) in [7, 11) is 2.07. The van der Waals surface area contributed by atoms with Gasteiger partial charge in [-0.05, 0) is 31.9 Å². The quantitative estimate of drug-likeness (QED) is 0.840. The second-order valence-corrected chi connectivity index (χ2v) is 5.92. The smallest absolute Gasteiger partial charge is 0.250 e. The van der Waals surface area contributed by atoms with E-state index >= 15 is 0 Å². The number of para-hydroxylation sites is 1. The molecule has 0 unspecified atom stereocenters. The van der Waals surface area contributed by atoms with E-state index in [1.165, 1.54) is 22.0 Å². The minimum atomic E-state index is 0.0866. The number of carbonyl (C=O) groups excluding carboxylic acids is 1. The van der Waals surface area contributed by atoms with Crippen molar-refractivity contribution in [3.05, 3.63) is 47.2 Å². The predicted molar refractivity (Wildman–Crippen MR) is 86.0 cm³/mol. The molecule has 0 saturated carbocycles. The first-order valence-electron chi connectivity index (χ1n) is 7.58. The minimum Gasteiger partial charge on any atom is -0.350 e. The number of fused-ring (bicyclic) bond motifs is 1. The maximum Gasteiger partial charge on any atom is 0.250 e. The predicted octanol–water partition coefficient (Wildman–Crippen LogP) is 3.81. The standard InChI is InChI=1S/C18H22N2O/c1-5-10-20-17(12(2)13(3)18(20)21)15-11-19(4)16-9-7-6-8-14(15)16/h6-9,11,17H,5,10H2,1-4H3/t17-/m1/s1. The highest BCUT2D eigenvalue weighted by Crippen LogP contribution is 2.40. The molecule has 0 radical (unpaired) electrons. The molecule has 1 amide bonds. The van der Waals surface area contributed by atoms with Crippen molar-refractivity contribution in [3.8, 4) is 0 Å². The van der Waals surface area contributed by atoms with Crippen LogP contribution in [-0.2, 0) is 11.8 Å². The average molecular weight is 282 g/mol. The molecule has 1 aromatic carbocycles. The van der Waals surface area contributed by atoms with E-state index in [-0.39, 0.29) is 11.9 Å². The molecule has 0 aliphatic carbocycles. The van der Waals surface area contributed by atoms with Gasteiger partial charge in [0.1, 0.15) is 0 Å². The Balaban J connectivity index is 2.18. The van der Waals surface area contributed by atoms with Crippen molar-refractivity contribution < 1.29 is 4.79 Å². The summed E-state index contributed by atoms with van der Waals surface area (Å²) < 4.78 is 2.15. The van der Waals surface area contributed by atoms with Crippen LogP contribution in [0.15, 0.2) is 41.6 Å². The van der Waals surface area contributed by atoms with Gasteiger partial charge in [-0.2, -0.15) is 0 Å². The Hall–Kier alpha value is -2.03. The van der Waals surface area contributed by atoms with Crippen LogP contribution in [0.5, 0.6) is 0 Å². The van der Waals surface area contributed by atoms with Crippen molar-refractivity contribution >= 4 is 16.8 Å². The van der Waals surface area contributed by atoms with Gasteiger partial charge in [0.25, 0.3) is 0 Å². The number of hydrogen-bond donors (Lipinski definition) is 0. The molecular weight excluding hydrogens is 260 g/mol. The normalized spacial score (nSPS) is 19.1. The Morgan fingerprint density at radius 3 is 2.62 bits per heavy atom. The van der Waals surface area contributed by atoms with Crippen molar-refractivity contribution in [2.75, 3.05) is 6.54 Å². The third-order valence-electron chi connectivity index (χ3n) is 4.58. The van der Waals surface area contributed by atoms with E-state index < -0.39 is 0 Å². The fourth-order valence-electron chi connectivity index (χ4n) is 3.40. The Kier molecular flexibility index (Phi) is 3.36. The lowest BCUT2D eigenvalue weighted by Crippen LogP contribution is -2.30. The van der Waals surface area contributed by atoms with E-state index in [0.29, 0.717) is 0 Å². The van der Waals surface area contributed by atoms with Crippen LogP contribution < -0.4 is 0 Å². The zero-order valence-corrected chi connectivity index (χ0v) is 13.2. The molecule has 3 heteroatoms. The summed E-state index contributed by atoms with van der Waals surface area (Å²) in [4.78, 5) is 14.5. The summed E-state index contributed by atoms with van der Waals surface area (Å²) in [5.74, 6) is 0.187. The lowest BCUT2D eigenvalue weighted by atomic mass is 9.98. The molecule has 3 rings (SSSR count). The average Bonchev–Trinajstić information content (AvgIpc) is 2.91. The fraction of sp³-hybridized carbons (Fsp3) is 0.389. The number of rotatable bonds is 3. The number of amides is 1. The molecule has 2 heterocycles. The second-order valence-electron chi connectivity index (χ2n) is 5.92. The van der Waals surface area contributed by atoms with Gasteiger partial charge in [-0.25, -0.2) is 0 Å². The van der Waals surface area contributed by atoms with E-state index in [0.717, 1.165) is 18.5 Å². The van der Waals surface area contributed by atoms with Crippen molar-refractivity contribution in [3.63, 3.8) is 0 Å². The van der Waals surface area contributed by atoms with Gasteiger partial charge >= 0.3 is 0 Å². The molecule has 2 aromatic rings. The van der Waals surface area contributed by atoms with Crippen molar-refractivity contribution in [1.29, 1.82) is 0 Å². The summed E-state index contributed by atoms with van der Waals surface area (Å²) in [6.45, 7) is 6.97. The largest absolute Gasteiger partial charge is 0.350 e.